The number of nitrogens with one attached hydrogen (secondary N) is 1. The van der Waals surface area contributed by atoms with Crippen LogP contribution in [0.15, 0.2) is 71.9 Å². The quantitative estimate of drug-likeness (QED) is 0.623. The van der Waals surface area contributed by atoms with E-state index in [1.54, 1.807) is 12.1 Å². The molecule has 1 heterocycles. The van der Waals surface area contributed by atoms with Gasteiger partial charge in [-0.2, -0.15) is 0 Å². The summed E-state index contributed by atoms with van der Waals surface area (Å²) in [6, 6.07) is 12.1. The number of benzene rings is 2. The predicted molar refractivity (Wildman–Crippen MR) is 104 cm³/mol. The summed E-state index contributed by atoms with van der Waals surface area (Å²) in [5, 5.41) is 1.30. The van der Waals surface area contributed by atoms with Gasteiger partial charge in [-0.05, 0) is 54.4 Å². The zero-order chi connectivity index (χ0) is 21.0. The Morgan fingerprint density at radius 1 is 1.07 bits per heavy atom. The van der Waals surface area contributed by atoms with Crippen molar-refractivity contribution in [3.05, 3.63) is 95.3 Å². The number of rotatable bonds is 6. The summed E-state index contributed by atoms with van der Waals surface area (Å²) < 4.78 is 53.9. The Morgan fingerprint density at radius 2 is 1.83 bits per heavy atom. The summed E-state index contributed by atoms with van der Waals surface area (Å²) >= 11 is 0. The van der Waals surface area contributed by atoms with Gasteiger partial charge >= 0.3 is 0 Å². The third kappa shape index (κ3) is 4.48. The molecule has 2 aromatic carbocycles. The molecule has 0 aliphatic heterocycles. The molecule has 3 rings (SSSR count). The van der Waals surface area contributed by atoms with Crippen LogP contribution in [-0.4, -0.2) is 25.9 Å². The molecule has 0 unspecified atom stereocenters. The minimum absolute atomic E-state index is 0.0783. The number of carbonyl (C=O) groups is 1. The van der Waals surface area contributed by atoms with Crippen molar-refractivity contribution in [2.45, 2.75) is 17.1 Å². The van der Waals surface area contributed by atoms with Gasteiger partial charge in [0.1, 0.15) is 16.9 Å². The Hall–Kier alpha value is -3.13. The van der Waals surface area contributed by atoms with Crippen LogP contribution in [-0.2, 0) is 9.84 Å². The van der Waals surface area contributed by atoms with E-state index in [1.807, 2.05) is 0 Å². The second-order valence-corrected chi connectivity index (χ2v) is 8.55. The summed E-state index contributed by atoms with van der Waals surface area (Å²) in [4.78, 5) is 16.2. The van der Waals surface area contributed by atoms with Crippen molar-refractivity contribution in [2.75, 3.05) is 6.54 Å². The van der Waals surface area contributed by atoms with Crippen molar-refractivity contribution in [3.63, 3.8) is 0 Å². The number of hydrogen-bond acceptors (Lipinski definition) is 4. The van der Waals surface area contributed by atoms with Crippen molar-refractivity contribution in [1.82, 2.24) is 10.3 Å². The van der Waals surface area contributed by atoms with Gasteiger partial charge in [0.2, 0.25) is 0 Å². The first-order valence-corrected chi connectivity index (χ1v) is 10.3. The van der Waals surface area contributed by atoms with E-state index in [-0.39, 0.29) is 22.6 Å². The normalized spacial score (nSPS) is 12.4. The fourth-order valence-corrected chi connectivity index (χ4v) is 4.59. The maximum atomic E-state index is 13.8. The highest BCUT2D eigenvalue weighted by Crippen LogP contribution is 2.29. The van der Waals surface area contributed by atoms with E-state index in [9.17, 15) is 22.0 Å². The van der Waals surface area contributed by atoms with Crippen LogP contribution in [0, 0.1) is 18.6 Å². The van der Waals surface area contributed by atoms with Crippen LogP contribution in [0.5, 0.6) is 0 Å². The Labute approximate surface area is 167 Å². The SMILES string of the molecule is Cc1cc(S(=O)(=O)[C@@H](CNC(=O)c2ccccc2F)c2cccnc2)ccc1F. The van der Waals surface area contributed by atoms with Crippen LogP contribution in [0.25, 0.3) is 0 Å². The van der Waals surface area contributed by atoms with E-state index in [2.05, 4.69) is 10.3 Å². The van der Waals surface area contributed by atoms with E-state index in [0.717, 1.165) is 12.1 Å². The largest absolute Gasteiger partial charge is 0.350 e. The van der Waals surface area contributed by atoms with E-state index in [1.165, 1.54) is 49.6 Å². The molecule has 1 atom stereocenters. The molecule has 0 fully saturated rings. The highest BCUT2D eigenvalue weighted by atomic mass is 32.2. The van der Waals surface area contributed by atoms with Gasteiger partial charge in [0.05, 0.1) is 10.5 Å². The number of amides is 1. The first-order valence-electron chi connectivity index (χ1n) is 8.73. The van der Waals surface area contributed by atoms with Gasteiger partial charge in [0, 0.05) is 18.9 Å². The molecule has 0 spiro atoms. The summed E-state index contributed by atoms with van der Waals surface area (Å²) in [5.74, 6) is -1.96. The molecule has 5 nitrogen and oxygen atoms in total. The number of pyridine rings is 1. The molecule has 0 bridgehead atoms. The Bertz CT molecular complexity index is 1140. The second-order valence-electron chi connectivity index (χ2n) is 6.42. The minimum atomic E-state index is -4.00. The summed E-state index contributed by atoms with van der Waals surface area (Å²) in [7, 11) is -4.00. The molecule has 3 aromatic rings. The number of sulfone groups is 1. The summed E-state index contributed by atoms with van der Waals surface area (Å²) in [5.41, 5.74) is 0.349. The maximum absolute atomic E-state index is 13.8. The lowest BCUT2D eigenvalue weighted by Gasteiger charge is -2.19. The van der Waals surface area contributed by atoms with Gasteiger partial charge in [-0.1, -0.05) is 18.2 Å². The smallest absolute Gasteiger partial charge is 0.254 e. The van der Waals surface area contributed by atoms with Gasteiger partial charge < -0.3 is 5.32 Å². The maximum Gasteiger partial charge on any atom is 0.254 e. The highest BCUT2D eigenvalue weighted by Gasteiger charge is 2.30. The monoisotopic (exact) mass is 416 g/mol. The molecule has 0 saturated heterocycles. The fourth-order valence-electron chi connectivity index (χ4n) is 2.86. The van der Waals surface area contributed by atoms with Crippen molar-refractivity contribution < 1.29 is 22.0 Å². The van der Waals surface area contributed by atoms with Gasteiger partial charge in [0.15, 0.2) is 9.84 Å². The van der Waals surface area contributed by atoms with E-state index in [0.29, 0.717) is 5.56 Å². The Kier molecular flexibility index (Phi) is 6.03. The van der Waals surface area contributed by atoms with Crippen LogP contribution in [0.1, 0.15) is 26.7 Å². The molecule has 150 valence electrons. The van der Waals surface area contributed by atoms with E-state index in [4.69, 9.17) is 0 Å². The molecule has 0 saturated carbocycles. The van der Waals surface area contributed by atoms with Gasteiger partial charge in [0.25, 0.3) is 5.91 Å². The first kappa shape index (κ1) is 20.6. The summed E-state index contributed by atoms with van der Waals surface area (Å²) in [6.07, 6.45) is 2.88. The van der Waals surface area contributed by atoms with Crippen LogP contribution >= 0.6 is 0 Å². The van der Waals surface area contributed by atoms with Gasteiger partial charge in [-0.15, -0.1) is 0 Å². The number of nitrogens with zero attached hydrogens (tertiary/aromatic N) is 1. The first-order chi connectivity index (χ1) is 13.8. The number of aryl methyl sites for hydroxylation is 1. The van der Waals surface area contributed by atoms with Crippen LogP contribution in [0.2, 0.25) is 0 Å². The third-order valence-corrected chi connectivity index (χ3v) is 6.55. The van der Waals surface area contributed by atoms with Crippen molar-refractivity contribution in [2.24, 2.45) is 0 Å². The molecular weight excluding hydrogens is 398 g/mol. The fraction of sp³-hybridized carbons (Fsp3) is 0.143. The standard InChI is InChI=1S/C21H18F2N2O3S/c1-14-11-16(8-9-18(14)22)29(27,28)20(15-5-4-10-24-12-15)13-25-21(26)17-6-2-3-7-19(17)23/h2-12,20H,13H2,1H3,(H,25,26)/t20-/m0/s1. The Balaban J connectivity index is 1.94. The lowest BCUT2D eigenvalue weighted by molar-refractivity contribution is 0.0949. The average molecular weight is 416 g/mol. The zero-order valence-corrected chi connectivity index (χ0v) is 16.3. The minimum Gasteiger partial charge on any atom is -0.350 e. The van der Waals surface area contributed by atoms with Gasteiger partial charge in [-0.25, -0.2) is 17.2 Å². The van der Waals surface area contributed by atoms with Crippen molar-refractivity contribution in [3.8, 4) is 0 Å². The number of halogens is 2. The van der Waals surface area contributed by atoms with E-state index >= 15 is 0 Å². The molecule has 1 amide bonds. The lowest BCUT2D eigenvalue weighted by Crippen LogP contribution is -2.32. The van der Waals surface area contributed by atoms with E-state index < -0.39 is 32.6 Å². The van der Waals surface area contributed by atoms with Crippen LogP contribution in [0.3, 0.4) is 0 Å². The molecule has 29 heavy (non-hydrogen) atoms. The van der Waals surface area contributed by atoms with Crippen molar-refractivity contribution in [1.29, 1.82) is 0 Å². The molecule has 0 radical (unpaired) electrons. The summed E-state index contributed by atoms with van der Waals surface area (Å²) in [6.45, 7) is 1.16. The molecule has 1 N–H and O–H groups in total. The third-order valence-electron chi connectivity index (χ3n) is 4.46. The zero-order valence-electron chi connectivity index (χ0n) is 15.5. The van der Waals surface area contributed by atoms with Crippen molar-refractivity contribution >= 4 is 15.7 Å². The molecule has 8 heteroatoms. The average Bonchev–Trinajstić information content (AvgIpc) is 2.71. The molecule has 1 aromatic heterocycles. The molecular formula is C21H18F2N2O3S. The number of hydrogen-bond donors (Lipinski definition) is 1. The van der Waals surface area contributed by atoms with Gasteiger partial charge in [-0.3, -0.25) is 9.78 Å². The topological polar surface area (TPSA) is 76.1 Å². The Morgan fingerprint density at radius 3 is 2.48 bits per heavy atom. The van der Waals surface area contributed by atoms with Crippen LogP contribution < -0.4 is 5.32 Å². The predicted octanol–water partition coefficient (Wildman–Crippen LogP) is 3.61. The number of carbonyl (C=O) groups excluding carboxylic acids is 1. The van der Waals surface area contributed by atoms with Crippen LogP contribution in [0.4, 0.5) is 8.78 Å². The highest BCUT2D eigenvalue weighted by molar-refractivity contribution is 7.91. The number of aromatic nitrogens is 1. The lowest BCUT2D eigenvalue weighted by atomic mass is 10.2. The molecule has 0 aliphatic rings. The molecule has 0 aliphatic carbocycles. The second kappa shape index (κ2) is 8.48.